The van der Waals surface area contributed by atoms with Crippen LogP contribution in [0.3, 0.4) is 0 Å². The van der Waals surface area contributed by atoms with Gasteiger partial charge in [0, 0.05) is 31.0 Å². The lowest BCUT2D eigenvalue weighted by Crippen LogP contribution is -2.33. The number of carbonyl (C=O) groups excluding carboxylic acids is 2. The summed E-state index contributed by atoms with van der Waals surface area (Å²) in [5, 5.41) is 6.71. The molecule has 0 aromatic heterocycles. The van der Waals surface area contributed by atoms with Crippen molar-refractivity contribution in [3.05, 3.63) is 23.8 Å². The molecule has 1 aromatic carbocycles. The topological polar surface area (TPSA) is 83.5 Å². The minimum Gasteiger partial charge on any atom is -0.442 e. The van der Waals surface area contributed by atoms with Crippen LogP contribution in [-0.4, -0.2) is 56.6 Å². The third-order valence-electron chi connectivity index (χ3n) is 5.69. The van der Waals surface area contributed by atoms with Crippen molar-refractivity contribution >= 4 is 29.1 Å². The summed E-state index contributed by atoms with van der Waals surface area (Å²) in [6.45, 7) is 4.64. The van der Waals surface area contributed by atoms with Crippen LogP contribution in [0.5, 0.6) is 0 Å². The lowest BCUT2D eigenvalue weighted by molar-refractivity contribution is -0.119. The van der Waals surface area contributed by atoms with E-state index >= 15 is 0 Å². The molecule has 1 saturated carbocycles. The van der Waals surface area contributed by atoms with Gasteiger partial charge in [-0.25, -0.2) is 13.6 Å². The zero-order chi connectivity index (χ0) is 21.5. The summed E-state index contributed by atoms with van der Waals surface area (Å²) in [6.07, 6.45) is 0.553. The fourth-order valence-electron chi connectivity index (χ4n) is 3.99. The second kappa shape index (κ2) is 7.73. The van der Waals surface area contributed by atoms with Crippen LogP contribution in [0.25, 0.3) is 0 Å². The SMILES string of the molecule is CCON=C1CN(c2c(F)cc(N3C[C@H](CNC(C)=O)OC3=O)cc2F)CC12CC2. The van der Waals surface area contributed by atoms with Gasteiger partial charge in [0.2, 0.25) is 5.91 Å². The number of anilines is 2. The first-order valence-corrected chi connectivity index (χ1v) is 9.99. The highest BCUT2D eigenvalue weighted by atomic mass is 19.1. The highest BCUT2D eigenvalue weighted by Gasteiger charge is 2.54. The number of hydrogen-bond donors (Lipinski definition) is 1. The predicted octanol–water partition coefficient (Wildman–Crippen LogP) is 2.42. The van der Waals surface area contributed by atoms with E-state index in [9.17, 15) is 18.4 Å². The van der Waals surface area contributed by atoms with Crippen molar-refractivity contribution in [1.29, 1.82) is 0 Å². The number of benzene rings is 1. The molecule has 30 heavy (non-hydrogen) atoms. The molecule has 8 nitrogen and oxygen atoms in total. The fraction of sp³-hybridized carbons (Fsp3) is 0.550. The Hall–Kier alpha value is -2.91. The lowest BCUT2D eigenvalue weighted by atomic mass is 10.1. The van der Waals surface area contributed by atoms with Gasteiger partial charge in [-0.05, 0) is 19.8 Å². The minimum absolute atomic E-state index is 0.0765. The molecule has 2 saturated heterocycles. The van der Waals surface area contributed by atoms with E-state index in [1.54, 1.807) is 4.90 Å². The molecule has 162 valence electrons. The zero-order valence-electron chi connectivity index (χ0n) is 16.9. The molecule has 1 N–H and O–H groups in total. The van der Waals surface area contributed by atoms with Crippen LogP contribution in [0.4, 0.5) is 25.0 Å². The molecule has 1 aliphatic carbocycles. The first-order valence-electron chi connectivity index (χ1n) is 9.99. The number of nitrogens with zero attached hydrogens (tertiary/aromatic N) is 3. The first-order chi connectivity index (χ1) is 14.3. The van der Waals surface area contributed by atoms with Crippen molar-refractivity contribution in [3.63, 3.8) is 0 Å². The molecule has 2 aliphatic heterocycles. The first kappa shape index (κ1) is 20.4. The Morgan fingerprint density at radius 2 is 2.07 bits per heavy atom. The average molecular weight is 422 g/mol. The summed E-state index contributed by atoms with van der Waals surface area (Å²) in [5.41, 5.74) is 0.612. The number of carbonyl (C=O) groups is 2. The Morgan fingerprint density at radius 1 is 1.37 bits per heavy atom. The second-order valence-corrected chi connectivity index (χ2v) is 7.90. The molecule has 4 rings (SSSR count). The summed E-state index contributed by atoms with van der Waals surface area (Å²) >= 11 is 0. The minimum atomic E-state index is -0.753. The number of cyclic esters (lactones) is 1. The van der Waals surface area contributed by atoms with E-state index < -0.39 is 23.8 Å². The van der Waals surface area contributed by atoms with Crippen molar-refractivity contribution in [2.45, 2.75) is 32.8 Å². The monoisotopic (exact) mass is 422 g/mol. The molecule has 1 spiro atoms. The smallest absolute Gasteiger partial charge is 0.414 e. The molecule has 0 unspecified atom stereocenters. The predicted molar refractivity (Wildman–Crippen MR) is 106 cm³/mol. The van der Waals surface area contributed by atoms with E-state index in [2.05, 4.69) is 10.5 Å². The van der Waals surface area contributed by atoms with Crippen molar-refractivity contribution in [3.8, 4) is 0 Å². The number of hydrogen-bond acceptors (Lipinski definition) is 6. The van der Waals surface area contributed by atoms with E-state index in [1.165, 1.54) is 6.92 Å². The molecule has 3 fully saturated rings. The summed E-state index contributed by atoms with van der Waals surface area (Å²) in [5.74, 6) is -1.76. The Labute approximate surface area is 172 Å². The quantitative estimate of drug-likeness (QED) is 0.712. The van der Waals surface area contributed by atoms with Gasteiger partial charge in [-0.3, -0.25) is 9.69 Å². The largest absolute Gasteiger partial charge is 0.442 e. The van der Waals surface area contributed by atoms with E-state index in [0.29, 0.717) is 19.7 Å². The third-order valence-corrected chi connectivity index (χ3v) is 5.69. The van der Waals surface area contributed by atoms with Gasteiger partial charge >= 0.3 is 6.09 Å². The average Bonchev–Trinajstić information content (AvgIpc) is 3.22. The van der Waals surface area contributed by atoms with Gasteiger partial charge in [-0.15, -0.1) is 0 Å². The van der Waals surface area contributed by atoms with Crippen LogP contribution >= 0.6 is 0 Å². The molecule has 2 heterocycles. The Bertz CT molecular complexity index is 880. The summed E-state index contributed by atoms with van der Waals surface area (Å²) in [7, 11) is 0. The molecular weight excluding hydrogens is 398 g/mol. The maximum Gasteiger partial charge on any atom is 0.414 e. The number of amides is 2. The highest BCUT2D eigenvalue weighted by Crippen LogP contribution is 2.52. The van der Waals surface area contributed by atoms with Gasteiger partial charge in [0.15, 0.2) is 11.6 Å². The van der Waals surface area contributed by atoms with E-state index in [0.717, 1.165) is 35.6 Å². The van der Waals surface area contributed by atoms with Gasteiger partial charge in [-0.1, -0.05) is 5.16 Å². The number of ether oxygens (including phenoxy) is 1. The maximum atomic E-state index is 15.0. The van der Waals surface area contributed by atoms with Gasteiger partial charge < -0.3 is 19.8 Å². The van der Waals surface area contributed by atoms with Crippen LogP contribution in [0.15, 0.2) is 17.3 Å². The Morgan fingerprint density at radius 3 is 2.67 bits per heavy atom. The number of nitrogens with one attached hydrogen (secondary N) is 1. The molecule has 1 aromatic rings. The lowest BCUT2D eigenvalue weighted by Gasteiger charge is -2.21. The van der Waals surface area contributed by atoms with Gasteiger partial charge in [0.25, 0.3) is 0 Å². The van der Waals surface area contributed by atoms with Crippen LogP contribution in [0.2, 0.25) is 0 Å². The highest BCUT2D eigenvalue weighted by molar-refractivity contribution is 5.99. The fourth-order valence-corrected chi connectivity index (χ4v) is 3.99. The zero-order valence-corrected chi connectivity index (χ0v) is 16.9. The van der Waals surface area contributed by atoms with Crippen molar-refractivity contribution in [2.24, 2.45) is 10.6 Å². The van der Waals surface area contributed by atoms with Crippen molar-refractivity contribution in [1.82, 2.24) is 5.32 Å². The van der Waals surface area contributed by atoms with E-state index in [-0.39, 0.29) is 35.8 Å². The van der Waals surface area contributed by atoms with Gasteiger partial charge in [-0.2, -0.15) is 0 Å². The number of halogens is 2. The molecular formula is C20H24F2N4O4. The number of rotatable bonds is 6. The van der Waals surface area contributed by atoms with E-state index in [4.69, 9.17) is 9.57 Å². The van der Waals surface area contributed by atoms with Crippen LogP contribution in [0, 0.1) is 17.0 Å². The second-order valence-electron chi connectivity index (χ2n) is 7.90. The third kappa shape index (κ3) is 3.78. The molecule has 0 radical (unpaired) electrons. The van der Waals surface area contributed by atoms with Crippen LogP contribution in [0.1, 0.15) is 26.7 Å². The standard InChI is InChI=1S/C20H24F2N4O4/c1-3-29-24-17-10-25(11-20(17)4-5-20)18-15(21)6-13(7-16(18)22)26-9-14(30-19(26)28)8-23-12(2)27/h6-7,14H,3-5,8-11H2,1-2H3,(H,23,27)/t14-/m0/s1. The van der Waals surface area contributed by atoms with Gasteiger partial charge in [0.05, 0.1) is 31.0 Å². The van der Waals surface area contributed by atoms with Crippen LogP contribution in [-0.2, 0) is 14.4 Å². The van der Waals surface area contributed by atoms with Crippen LogP contribution < -0.4 is 15.1 Å². The van der Waals surface area contributed by atoms with Crippen molar-refractivity contribution < 1.29 is 27.9 Å². The Balaban J connectivity index is 1.52. The summed E-state index contributed by atoms with van der Waals surface area (Å²) in [4.78, 5) is 31.1. The summed E-state index contributed by atoms with van der Waals surface area (Å²) < 4.78 is 35.1. The molecule has 2 amide bonds. The summed E-state index contributed by atoms with van der Waals surface area (Å²) in [6, 6.07) is 2.27. The molecule has 0 bridgehead atoms. The Kier molecular flexibility index (Phi) is 5.25. The molecule has 10 heteroatoms. The number of oxime groups is 1. The molecule has 1 atom stereocenters. The molecule has 3 aliphatic rings. The van der Waals surface area contributed by atoms with Crippen molar-refractivity contribution in [2.75, 3.05) is 42.6 Å². The normalized spacial score (nSPS) is 23.3. The van der Waals surface area contributed by atoms with E-state index in [1.807, 2.05) is 6.92 Å². The maximum absolute atomic E-state index is 15.0. The van der Waals surface area contributed by atoms with Gasteiger partial charge in [0.1, 0.15) is 18.4 Å².